The molecule has 1 aromatic rings. The van der Waals surface area contributed by atoms with Gasteiger partial charge >= 0.3 is 0 Å². The highest BCUT2D eigenvalue weighted by Crippen LogP contribution is 2.02. The van der Waals surface area contributed by atoms with Crippen LogP contribution in [0.4, 0.5) is 4.39 Å². The van der Waals surface area contributed by atoms with Crippen molar-refractivity contribution in [2.75, 3.05) is 20.1 Å². The molecule has 0 aliphatic rings. The molecule has 1 rings (SSSR count). The van der Waals surface area contributed by atoms with Crippen molar-refractivity contribution in [1.29, 1.82) is 0 Å². The van der Waals surface area contributed by atoms with Gasteiger partial charge in [0, 0.05) is 13.1 Å². The van der Waals surface area contributed by atoms with E-state index in [1.54, 1.807) is 24.1 Å². The molecule has 0 aliphatic heterocycles. The van der Waals surface area contributed by atoms with E-state index in [0.717, 1.165) is 12.0 Å². The van der Waals surface area contributed by atoms with Crippen LogP contribution >= 0.6 is 0 Å². The molecule has 3 nitrogen and oxygen atoms in total. The third-order valence-corrected chi connectivity index (χ3v) is 2.95. The first kappa shape index (κ1) is 14.6. The van der Waals surface area contributed by atoms with Crippen LogP contribution in [0.15, 0.2) is 24.3 Å². The number of carbonyl (C=O) groups excluding carboxylic acids is 1. The van der Waals surface area contributed by atoms with Gasteiger partial charge in [0.15, 0.2) is 0 Å². The zero-order valence-electron chi connectivity index (χ0n) is 11.2. The van der Waals surface area contributed by atoms with Crippen LogP contribution in [0.1, 0.15) is 19.4 Å². The van der Waals surface area contributed by atoms with Gasteiger partial charge in [-0.1, -0.05) is 12.1 Å². The minimum Gasteiger partial charge on any atom is -0.342 e. The first-order valence-electron chi connectivity index (χ1n) is 6.21. The summed E-state index contributed by atoms with van der Waals surface area (Å²) in [6.07, 6.45) is 0.791. The van der Waals surface area contributed by atoms with E-state index in [1.807, 2.05) is 13.8 Å². The number of likely N-dealkylation sites (N-methyl/N-ethyl adjacent to an activating group) is 1. The Morgan fingerprint density at radius 1 is 1.33 bits per heavy atom. The van der Waals surface area contributed by atoms with Gasteiger partial charge in [-0.3, -0.25) is 4.79 Å². The molecule has 0 bridgehead atoms. The summed E-state index contributed by atoms with van der Waals surface area (Å²) in [5, 5.41) is 3.10. The van der Waals surface area contributed by atoms with Crippen LogP contribution in [-0.4, -0.2) is 37.0 Å². The van der Waals surface area contributed by atoms with Gasteiger partial charge in [0.05, 0.1) is 6.54 Å². The second-order valence-corrected chi connectivity index (χ2v) is 4.65. The quantitative estimate of drug-likeness (QED) is 0.783. The SMILES string of the molecule is CC(C)N(C)C(=O)CNCCc1ccc(F)cc1. The maximum Gasteiger partial charge on any atom is 0.236 e. The van der Waals surface area contributed by atoms with Crippen molar-refractivity contribution in [2.24, 2.45) is 0 Å². The van der Waals surface area contributed by atoms with Crippen molar-refractivity contribution in [1.82, 2.24) is 10.2 Å². The number of rotatable bonds is 6. The van der Waals surface area contributed by atoms with Crippen LogP contribution < -0.4 is 5.32 Å². The van der Waals surface area contributed by atoms with Crippen LogP contribution in [0, 0.1) is 5.82 Å². The second kappa shape index (κ2) is 7.11. The molecule has 0 fully saturated rings. The molecular weight excluding hydrogens is 231 g/mol. The molecule has 4 heteroatoms. The third-order valence-electron chi connectivity index (χ3n) is 2.95. The molecule has 18 heavy (non-hydrogen) atoms. The molecule has 0 aromatic heterocycles. The third kappa shape index (κ3) is 4.84. The highest BCUT2D eigenvalue weighted by molar-refractivity contribution is 5.78. The summed E-state index contributed by atoms with van der Waals surface area (Å²) in [5.74, 6) is -0.135. The lowest BCUT2D eigenvalue weighted by Crippen LogP contribution is -2.39. The zero-order chi connectivity index (χ0) is 13.5. The molecule has 1 aromatic carbocycles. The average Bonchev–Trinajstić information content (AvgIpc) is 2.35. The highest BCUT2D eigenvalue weighted by Gasteiger charge is 2.10. The summed E-state index contributed by atoms with van der Waals surface area (Å²) < 4.78 is 12.7. The van der Waals surface area contributed by atoms with Crippen molar-refractivity contribution in [3.05, 3.63) is 35.6 Å². The molecule has 1 amide bonds. The Morgan fingerprint density at radius 2 is 1.94 bits per heavy atom. The minimum absolute atomic E-state index is 0.0871. The van der Waals surface area contributed by atoms with E-state index in [9.17, 15) is 9.18 Å². The van der Waals surface area contributed by atoms with E-state index in [0.29, 0.717) is 13.1 Å². The van der Waals surface area contributed by atoms with Gasteiger partial charge in [0.1, 0.15) is 5.82 Å². The predicted octanol–water partition coefficient (Wildman–Crippen LogP) is 1.82. The Labute approximate surface area is 108 Å². The van der Waals surface area contributed by atoms with E-state index in [-0.39, 0.29) is 17.8 Å². The average molecular weight is 252 g/mol. The molecule has 100 valence electrons. The van der Waals surface area contributed by atoms with Crippen molar-refractivity contribution in [3.63, 3.8) is 0 Å². The Balaban J connectivity index is 2.23. The number of benzene rings is 1. The maximum atomic E-state index is 12.7. The fourth-order valence-corrected chi connectivity index (χ4v) is 1.49. The van der Waals surface area contributed by atoms with Crippen LogP contribution in [-0.2, 0) is 11.2 Å². The fourth-order valence-electron chi connectivity index (χ4n) is 1.49. The monoisotopic (exact) mass is 252 g/mol. The Bertz CT molecular complexity index is 376. The van der Waals surface area contributed by atoms with E-state index in [1.165, 1.54) is 12.1 Å². The smallest absolute Gasteiger partial charge is 0.236 e. The van der Waals surface area contributed by atoms with Gasteiger partial charge in [0.25, 0.3) is 0 Å². The molecular formula is C14H21FN2O. The number of nitrogens with zero attached hydrogens (tertiary/aromatic N) is 1. The first-order chi connectivity index (χ1) is 8.50. The first-order valence-corrected chi connectivity index (χ1v) is 6.21. The summed E-state index contributed by atoms with van der Waals surface area (Å²) >= 11 is 0. The van der Waals surface area contributed by atoms with Gasteiger partial charge in [-0.2, -0.15) is 0 Å². The number of hydrogen-bond acceptors (Lipinski definition) is 2. The lowest BCUT2D eigenvalue weighted by Gasteiger charge is -2.21. The summed E-state index contributed by atoms with van der Waals surface area (Å²) in [6, 6.07) is 6.65. The lowest BCUT2D eigenvalue weighted by atomic mass is 10.1. The van der Waals surface area contributed by atoms with Gasteiger partial charge in [-0.25, -0.2) is 4.39 Å². The lowest BCUT2D eigenvalue weighted by molar-refractivity contribution is -0.130. The van der Waals surface area contributed by atoms with Crippen LogP contribution in [0.25, 0.3) is 0 Å². The summed E-state index contributed by atoms with van der Waals surface area (Å²) in [4.78, 5) is 13.4. The van der Waals surface area contributed by atoms with Crippen LogP contribution in [0.5, 0.6) is 0 Å². The van der Waals surface area contributed by atoms with Crippen molar-refractivity contribution in [2.45, 2.75) is 26.3 Å². The zero-order valence-corrected chi connectivity index (χ0v) is 11.2. The number of nitrogens with one attached hydrogen (secondary N) is 1. The minimum atomic E-state index is -0.222. The van der Waals surface area contributed by atoms with Crippen molar-refractivity contribution in [3.8, 4) is 0 Å². The van der Waals surface area contributed by atoms with Gasteiger partial charge in [0.2, 0.25) is 5.91 Å². The van der Waals surface area contributed by atoms with E-state index in [4.69, 9.17) is 0 Å². The van der Waals surface area contributed by atoms with E-state index in [2.05, 4.69) is 5.32 Å². The Morgan fingerprint density at radius 3 is 2.50 bits per heavy atom. The van der Waals surface area contributed by atoms with Gasteiger partial charge in [-0.15, -0.1) is 0 Å². The normalized spacial score (nSPS) is 10.7. The topological polar surface area (TPSA) is 32.3 Å². The highest BCUT2D eigenvalue weighted by atomic mass is 19.1. The Kier molecular flexibility index (Phi) is 5.78. The fraction of sp³-hybridized carbons (Fsp3) is 0.500. The number of amides is 1. The molecule has 0 saturated carbocycles. The molecule has 0 radical (unpaired) electrons. The largest absolute Gasteiger partial charge is 0.342 e. The van der Waals surface area contributed by atoms with Crippen LogP contribution in [0.3, 0.4) is 0 Å². The molecule has 1 N–H and O–H groups in total. The number of hydrogen-bond donors (Lipinski definition) is 1. The molecule has 0 aliphatic carbocycles. The second-order valence-electron chi connectivity index (χ2n) is 4.65. The van der Waals surface area contributed by atoms with Crippen LogP contribution in [0.2, 0.25) is 0 Å². The van der Waals surface area contributed by atoms with Gasteiger partial charge in [-0.05, 0) is 44.5 Å². The predicted molar refractivity (Wildman–Crippen MR) is 70.9 cm³/mol. The van der Waals surface area contributed by atoms with Crippen molar-refractivity contribution < 1.29 is 9.18 Å². The van der Waals surface area contributed by atoms with Gasteiger partial charge < -0.3 is 10.2 Å². The van der Waals surface area contributed by atoms with E-state index < -0.39 is 0 Å². The molecule has 0 atom stereocenters. The summed E-state index contributed by atoms with van der Waals surface area (Å²) in [6.45, 7) is 5.02. The maximum absolute atomic E-state index is 12.7. The number of carbonyl (C=O) groups is 1. The molecule has 0 spiro atoms. The Hall–Kier alpha value is -1.42. The van der Waals surface area contributed by atoms with Crippen molar-refractivity contribution >= 4 is 5.91 Å². The molecule has 0 saturated heterocycles. The molecule has 0 unspecified atom stereocenters. The standard InChI is InChI=1S/C14H21FN2O/c1-11(2)17(3)14(18)10-16-9-8-12-4-6-13(15)7-5-12/h4-7,11,16H,8-10H2,1-3H3. The molecule has 0 heterocycles. The van der Waals surface area contributed by atoms with E-state index >= 15 is 0 Å². The summed E-state index contributed by atoms with van der Waals surface area (Å²) in [7, 11) is 1.80. The summed E-state index contributed by atoms with van der Waals surface area (Å²) in [5.41, 5.74) is 1.06. The number of halogens is 1.